The number of nitrogens with zero attached hydrogens (tertiary/aromatic N) is 1. The highest BCUT2D eigenvalue weighted by molar-refractivity contribution is 5.28. The summed E-state index contributed by atoms with van der Waals surface area (Å²) in [6.45, 7) is 15.4. The van der Waals surface area contributed by atoms with Gasteiger partial charge in [0.15, 0.2) is 0 Å². The van der Waals surface area contributed by atoms with Gasteiger partial charge in [0.1, 0.15) is 0 Å². The number of hydrogen-bond donors (Lipinski definition) is 2. The van der Waals surface area contributed by atoms with Gasteiger partial charge < -0.3 is 0 Å². The third-order valence-electron chi connectivity index (χ3n) is 4.39. The van der Waals surface area contributed by atoms with Crippen molar-refractivity contribution in [1.29, 1.82) is 0 Å². The lowest BCUT2D eigenvalue weighted by atomic mass is 9.86. The van der Waals surface area contributed by atoms with Gasteiger partial charge in [0.05, 0.1) is 6.04 Å². The molecule has 0 aliphatic heterocycles. The van der Waals surface area contributed by atoms with E-state index < -0.39 is 0 Å². The Hall–Kier alpha value is -0.900. The summed E-state index contributed by atoms with van der Waals surface area (Å²) >= 11 is 0. The molecule has 20 heavy (non-hydrogen) atoms. The standard InChI is InChI=1S/C17H31N3/c1-7-20(8-2)17(5,6)16(19-18)15-11-9-14(10-12-15)13(3)4/h9-13,16,19H,7-8,18H2,1-6H3. The first kappa shape index (κ1) is 17.2. The van der Waals surface area contributed by atoms with Crippen LogP contribution < -0.4 is 11.3 Å². The topological polar surface area (TPSA) is 41.3 Å². The molecular weight excluding hydrogens is 246 g/mol. The average molecular weight is 277 g/mol. The monoisotopic (exact) mass is 277 g/mol. The molecule has 1 aromatic carbocycles. The van der Waals surface area contributed by atoms with Gasteiger partial charge in [-0.15, -0.1) is 0 Å². The van der Waals surface area contributed by atoms with Crippen LogP contribution in [0.25, 0.3) is 0 Å². The molecule has 0 bridgehead atoms. The van der Waals surface area contributed by atoms with Crippen LogP contribution in [-0.4, -0.2) is 23.5 Å². The first-order chi connectivity index (χ1) is 9.38. The smallest absolute Gasteiger partial charge is 0.0638 e. The highest BCUT2D eigenvalue weighted by Crippen LogP contribution is 2.31. The van der Waals surface area contributed by atoms with E-state index in [-0.39, 0.29) is 11.6 Å². The molecule has 114 valence electrons. The van der Waals surface area contributed by atoms with Crippen LogP contribution in [0.4, 0.5) is 0 Å². The second-order valence-corrected chi connectivity index (χ2v) is 6.25. The second-order valence-electron chi connectivity index (χ2n) is 6.25. The predicted octanol–water partition coefficient (Wildman–Crippen LogP) is 3.43. The van der Waals surface area contributed by atoms with Crippen LogP contribution in [0.3, 0.4) is 0 Å². The molecule has 0 amide bonds. The Morgan fingerprint density at radius 2 is 1.50 bits per heavy atom. The van der Waals surface area contributed by atoms with Crippen LogP contribution >= 0.6 is 0 Å². The quantitative estimate of drug-likeness (QED) is 0.592. The van der Waals surface area contributed by atoms with Crippen molar-refractivity contribution >= 4 is 0 Å². The van der Waals surface area contributed by atoms with Gasteiger partial charge in [-0.3, -0.25) is 16.2 Å². The molecule has 0 radical (unpaired) electrons. The minimum Gasteiger partial charge on any atom is -0.297 e. The summed E-state index contributed by atoms with van der Waals surface area (Å²) in [6.07, 6.45) is 0. The number of nitrogens with one attached hydrogen (secondary N) is 1. The van der Waals surface area contributed by atoms with E-state index in [0.29, 0.717) is 5.92 Å². The molecule has 3 heteroatoms. The van der Waals surface area contributed by atoms with E-state index in [4.69, 9.17) is 5.84 Å². The molecule has 0 fully saturated rings. The maximum Gasteiger partial charge on any atom is 0.0638 e. The lowest BCUT2D eigenvalue weighted by molar-refractivity contribution is 0.0912. The first-order valence-corrected chi connectivity index (χ1v) is 7.69. The first-order valence-electron chi connectivity index (χ1n) is 7.69. The molecule has 0 heterocycles. The van der Waals surface area contributed by atoms with Gasteiger partial charge in [-0.1, -0.05) is 52.0 Å². The van der Waals surface area contributed by atoms with E-state index in [2.05, 4.69) is 76.1 Å². The van der Waals surface area contributed by atoms with Crippen molar-refractivity contribution in [3.8, 4) is 0 Å². The number of likely N-dealkylation sites (N-methyl/N-ethyl adjacent to an activating group) is 1. The van der Waals surface area contributed by atoms with Crippen molar-refractivity contribution in [2.75, 3.05) is 13.1 Å². The SMILES string of the molecule is CCN(CC)C(C)(C)C(NN)c1ccc(C(C)C)cc1. The average Bonchev–Trinajstić information content (AvgIpc) is 2.40. The normalized spacial score (nSPS) is 14.1. The number of nitrogens with two attached hydrogens (primary N) is 1. The summed E-state index contributed by atoms with van der Waals surface area (Å²) in [6, 6.07) is 8.94. The molecule has 3 nitrogen and oxygen atoms in total. The van der Waals surface area contributed by atoms with E-state index in [1.54, 1.807) is 0 Å². The molecule has 1 unspecified atom stereocenters. The zero-order chi connectivity index (χ0) is 15.3. The maximum atomic E-state index is 5.86. The molecule has 1 atom stereocenters. The lowest BCUT2D eigenvalue weighted by Crippen LogP contribution is -2.54. The summed E-state index contributed by atoms with van der Waals surface area (Å²) in [5.41, 5.74) is 5.59. The van der Waals surface area contributed by atoms with Gasteiger partial charge in [0.2, 0.25) is 0 Å². The molecule has 0 spiro atoms. The molecule has 0 aliphatic carbocycles. The third-order valence-corrected chi connectivity index (χ3v) is 4.39. The van der Waals surface area contributed by atoms with Gasteiger partial charge in [0.25, 0.3) is 0 Å². The Balaban J connectivity index is 3.05. The Morgan fingerprint density at radius 3 is 1.85 bits per heavy atom. The van der Waals surface area contributed by atoms with Crippen molar-refractivity contribution in [2.24, 2.45) is 5.84 Å². The van der Waals surface area contributed by atoms with E-state index in [0.717, 1.165) is 13.1 Å². The van der Waals surface area contributed by atoms with Gasteiger partial charge in [-0.25, -0.2) is 0 Å². The van der Waals surface area contributed by atoms with Crippen LogP contribution in [0.2, 0.25) is 0 Å². The molecular formula is C17H31N3. The molecule has 1 aromatic rings. The van der Waals surface area contributed by atoms with E-state index >= 15 is 0 Å². The Bertz CT molecular complexity index is 391. The summed E-state index contributed by atoms with van der Waals surface area (Å²) in [5.74, 6) is 6.42. The maximum absolute atomic E-state index is 5.86. The molecule has 0 saturated heterocycles. The molecule has 0 aliphatic rings. The zero-order valence-electron chi connectivity index (χ0n) is 13.9. The third kappa shape index (κ3) is 3.60. The van der Waals surface area contributed by atoms with Crippen LogP contribution in [-0.2, 0) is 0 Å². The fourth-order valence-corrected chi connectivity index (χ4v) is 3.00. The van der Waals surface area contributed by atoms with E-state index in [1.165, 1.54) is 11.1 Å². The van der Waals surface area contributed by atoms with Gasteiger partial charge in [-0.05, 0) is 44.0 Å². The zero-order valence-corrected chi connectivity index (χ0v) is 13.9. The molecule has 0 saturated carbocycles. The van der Waals surface area contributed by atoms with Crippen LogP contribution in [0.15, 0.2) is 24.3 Å². The Morgan fingerprint density at radius 1 is 1.05 bits per heavy atom. The summed E-state index contributed by atoms with van der Waals surface area (Å²) < 4.78 is 0. The Kier molecular flexibility index (Phi) is 6.18. The van der Waals surface area contributed by atoms with Gasteiger partial charge in [0, 0.05) is 5.54 Å². The van der Waals surface area contributed by atoms with E-state index in [9.17, 15) is 0 Å². The fraction of sp³-hybridized carbons (Fsp3) is 0.647. The summed E-state index contributed by atoms with van der Waals surface area (Å²) in [5, 5.41) is 0. The predicted molar refractivity (Wildman–Crippen MR) is 87.6 cm³/mol. The number of benzene rings is 1. The minimum atomic E-state index is -0.0302. The van der Waals surface area contributed by atoms with Crippen LogP contribution in [0.5, 0.6) is 0 Å². The van der Waals surface area contributed by atoms with Gasteiger partial charge in [-0.2, -0.15) is 0 Å². The fourth-order valence-electron chi connectivity index (χ4n) is 3.00. The van der Waals surface area contributed by atoms with Crippen molar-refractivity contribution in [3.63, 3.8) is 0 Å². The number of hydrogen-bond acceptors (Lipinski definition) is 3. The molecule has 1 rings (SSSR count). The lowest BCUT2D eigenvalue weighted by Gasteiger charge is -2.43. The van der Waals surface area contributed by atoms with Crippen molar-refractivity contribution < 1.29 is 0 Å². The highest BCUT2D eigenvalue weighted by atomic mass is 15.3. The van der Waals surface area contributed by atoms with E-state index in [1.807, 2.05) is 0 Å². The largest absolute Gasteiger partial charge is 0.297 e. The highest BCUT2D eigenvalue weighted by Gasteiger charge is 2.34. The summed E-state index contributed by atoms with van der Waals surface area (Å²) in [7, 11) is 0. The van der Waals surface area contributed by atoms with Crippen molar-refractivity contribution in [2.45, 2.75) is 59.0 Å². The Labute approximate surface area is 124 Å². The van der Waals surface area contributed by atoms with Gasteiger partial charge >= 0.3 is 0 Å². The molecule has 0 aromatic heterocycles. The van der Waals surface area contributed by atoms with Crippen LogP contribution in [0, 0.1) is 0 Å². The number of rotatable bonds is 7. The minimum absolute atomic E-state index is 0.0302. The second kappa shape index (κ2) is 7.21. The summed E-state index contributed by atoms with van der Waals surface area (Å²) in [4.78, 5) is 2.44. The molecule has 3 N–H and O–H groups in total. The number of hydrazine groups is 1. The van der Waals surface area contributed by atoms with Crippen LogP contribution in [0.1, 0.15) is 64.6 Å². The van der Waals surface area contributed by atoms with Crippen molar-refractivity contribution in [3.05, 3.63) is 35.4 Å². The van der Waals surface area contributed by atoms with Crippen molar-refractivity contribution in [1.82, 2.24) is 10.3 Å².